The van der Waals surface area contributed by atoms with E-state index in [1.807, 2.05) is 11.4 Å². The molecule has 0 aliphatic heterocycles. The molecule has 0 aliphatic carbocycles. The van der Waals surface area contributed by atoms with Gasteiger partial charge in [-0.05, 0) is 0 Å². The first-order chi connectivity index (χ1) is 9.20. The lowest BCUT2D eigenvalue weighted by Gasteiger charge is -2.05. The quantitative estimate of drug-likeness (QED) is 0.660. The van der Waals surface area contributed by atoms with Gasteiger partial charge in [-0.3, -0.25) is 10.1 Å². The molecule has 0 bridgehead atoms. The molecule has 0 spiro atoms. The van der Waals surface area contributed by atoms with Crippen molar-refractivity contribution in [2.24, 2.45) is 0 Å². The number of rotatable bonds is 5. The molecule has 2 aromatic rings. The number of nitrogens with one attached hydrogen (secondary N) is 1. The van der Waals surface area contributed by atoms with E-state index in [0.29, 0.717) is 18.8 Å². The Morgan fingerprint density at radius 1 is 1.53 bits per heavy atom. The highest BCUT2D eigenvalue weighted by atomic mass is 32.1. The normalized spacial score (nSPS) is 9.84. The second-order valence-corrected chi connectivity index (χ2v) is 4.33. The SMILES string of the molecule is N#Cc1cc([N+](=O)[O-])cnc1NCCc1cscn1. The minimum atomic E-state index is -0.576. The Hall–Kier alpha value is -2.53. The first-order valence-corrected chi connectivity index (χ1v) is 6.30. The molecule has 1 N–H and O–H groups in total. The van der Waals surface area contributed by atoms with Gasteiger partial charge in [-0.1, -0.05) is 0 Å². The minimum Gasteiger partial charge on any atom is -0.369 e. The molecule has 0 fully saturated rings. The van der Waals surface area contributed by atoms with Crippen LogP contribution in [0.25, 0.3) is 0 Å². The van der Waals surface area contributed by atoms with Crippen LogP contribution >= 0.6 is 11.3 Å². The molecule has 0 amide bonds. The Bertz CT molecular complexity index is 621. The number of nitro groups is 1. The van der Waals surface area contributed by atoms with E-state index < -0.39 is 4.92 Å². The Morgan fingerprint density at radius 2 is 2.37 bits per heavy atom. The topological polar surface area (TPSA) is 105 Å². The zero-order valence-corrected chi connectivity index (χ0v) is 10.6. The average Bonchev–Trinajstić information content (AvgIpc) is 2.92. The summed E-state index contributed by atoms with van der Waals surface area (Å²) in [6, 6.07) is 3.10. The fourth-order valence-corrected chi connectivity index (χ4v) is 2.04. The first kappa shape index (κ1) is 12.9. The van der Waals surface area contributed by atoms with Gasteiger partial charge in [0.2, 0.25) is 0 Å². The van der Waals surface area contributed by atoms with Crippen molar-refractivity contribution < 1.29 is 4.92 Å². The zero-order valence-electron chi connectivity index (χ0n) is 9.74. The van der Waals surface area contributed by atoms with Crippen molar-refractivity contribution in [1.29, 1.82) is 5.26 Å². The van der Waals surface area contributed by atoms with E-state index in [4.69, 9.17) is 5.26 Å². The predicted molar refractivity (Wildman–Crippen MR) is 69.9 cm³/mol. The molecule has 0 atom stereocenters. The molecule has 7 nitrogen and oxygen atoms in total. The molecule has 2 rings (SSSR count). The Kier molecular flexibility index (Phi) is 4.00. The maximum Gasteiger partial charge on any atom is 0.289 e. The van der Waals surface area contributed by atoms with Crippen LogP contribution in [0.1, 0.15) is 11.3 Å². The molecule has 0 aliphatic rings. The lowest BCUT2D eigenvalue weighted by Crippen LogP contribution is -2.08. The van der Waals surface area contributed by atoms with Crippen LogP contribution in [0.3, 0.4) is 0 Å². The summed E-state index contributed by atoms with van der Waals surface area (Å²) in [5.41, 5.74) is 2.67. The van der Waals surface area contributed by atoms with Crippen LogP contribution in [-0.4, -0.2) is 21.4 Å². The molecule has 2 aromatic heterocycles. The molecule has 8 heteroatoms. The maximum atomic E-state index is 10.6. The molecule has 0 unspecified atom stereocenters. The Labute approximate surface area is 112 Å². The molecule has 0 saturated heterocycles. The molecule has 19 heavy (non-hydrogen) atoms. The predicted octanol–water partition coefficient (Wildman–Crippen LogP) is 1.97. The first-order valence-electron chi connectivity index (χ1n) is 5.36. The van der Waals surface area contributed by atoms with Crippen LogP contribution in [0.4, 0.5) is 11.5 Å². The van der Waals surface area contributed by atoms with Gasteiger partial charge in [0.05, 0.1) is 16.1 Å². The third-order valence-corrected chi connectivity index (χ3v) is 3.00. The zero-order chi connectivity index (χ0) is 13.7. The van der Waals surface area contributed by atoms with Crippen molar-refractivity contribution in [2.45, 2.75) is 6.42 Å². The van der Waals surface area contributed by atoms with E-state index in [0.717, 1.165) is 11.9 Å². The summed E-state index contributed by atoms with van der Waals surface area (Å²) in [7, 11) is 0. The van der Waals surface area contributed by atoms with E-state index in [-0.39, 0.29) is 11.3 Å². The molecular formula is C11H9N5O2S. The van der Waals surface area contributed by atoms with Crippen molar-refractivity contribution in [3.8, 4) is 6.07 Å². The van der Waals surface area contributed by atoms with Gasteiger partial charge in [-0.2, -0.15) is 5.26 Å². The monoisotopic (exact) mass is 275 g/mol. The standard InChI is InChI=1S/C11H9N5O2S/c12-4-8-3-10(16(17)18)5-14-11(8)13-2-1-9-6-19-7-15-9/h3,5-7H,1-2H2,(H,13,14). The number of hydrogen-bond acceptors (Lipinski definition) is 7. The van der Waals surface area contributed by atoms with Gasteiger partial charge in [0, 0.05) is 24.4 Å². The number of pyridine rings is 1. The highest BCUT2D eigenvalue weighted by molar-refractivity contribution is 7.07. The summed E-state index contributed by atoms with van der Waals surface area (Å²) in [5, 5.41) is 24.4. The van der Waals surface area contributed by atoms with Gasteiger partial charge in [-0.25, -0.2) is 9.97 Å². The number of nitriles is 1. The van der Waals surface area contributed by atoms with E-state index in [2.05, 4.69) is 15.3 Å². The number of thiazole rings is 1. The fourth-order valence-electron chi connectivity index (χ4n) is 1.45. The van der Waals surface area contributed by atoms with Crippen LogP contribution < -0.4 is 5.32 Å². The molecule has 0 radical (unpaired) electrons. The van der Waals surface area contributed by atoms with E-state index in [1.54, 1.807) is 5.51 Å². The Balaban J connectivity index is 2.04. The van der Waals surface area contributed by atoms with Gasteiger partial charge >= 0.3 is 0 Å². The number of anilines is 1. The Morgan fingerprint density at radius 3 is 3.00 bits per heavy atom. The molecule has 96 valence electrons. The summed E-state index contributed by atoms with van der Waals surface area (Å²) in [5.74, 6) is 0.350. The van der Waals surface area contributed by atoms with E-state index in [1.165, 1.54) is 17.4 Å². The van der Waals surface area contributed by atoms with Crippen LogP contribution in [0.2, 0.25) is 0 Å². The average molecular weight is 275 g/mol. The smallest absolute Gasteiger partial charge is 0.289 e. The number of nitrogens with zero attached hydrogens (tertiary/aromatic N) is 4. The number of hydrogen-bond donors (Lipinski definition) is 1. The summed E-state index contributed by atoms with van der Waals surface area (Å²) in [6.07, 6.45) is 1.83. The van der Waals surface area contributed by atoms with Gasteiger partial charge in [-0.15, -0.1) is 11.3 Å². The maximum absolute atomic E-state index is 10.6. The fraction of sp³-hybridized carbons (Fsp3) is 0.182. The largest absolute Gasteiger partial charge is 0.369 e. The third kappa shape index (κ3) is 3.23. The lowest BCUT2D eigenvalue weighted by atomic mass is 10.2. The second-order valence-electron chi connectivity index (χ2n) is 3.62. The van der Waals surface area contributed by atoms with Crippen LogP contribution in [-0.2, 0) is 6.42 Å². The van der Waals surface area contributed by atoms with E-state index in [9.17, 15) is 10.1 Å². The second kappa shape index (κ2) is 5.88. The summed E-state index contributed by atoms with van der Waals surface area (Å²) in [6.45, 7) is 0.559. The summed E-state index contributed by atoms with van der Waals surface area (Å²) < 4.78 is 0. The summed E-state index contributed by atoms with van der Waals surface area (Å²) in [4.78, 5) is 18.0. The van der Waals surface area contributed by atoms with Crippen molar-refractivity contribution in [3.63, 3.8) is 0 Å². The highest BCUT2D eigenvalue weighted by Gasteiger charge is 2.11. The molecule has 0 aromatic carbocycles. The van der Waals surface area contributed by atoms with Crippen molar-refractivity contribution in [2.75, 3.05) is 11.9 Å². The van der Waals surface area contributed by atoms with Crippen molar-refractivity contribution >= 4 is 22.8 Å². The van der Waals surface area contributed by atoms with Crippen molar-refractivity contribution in [1.82, 2.24) is 9.97 Å². The highest BCUT2D eigenvalue weighted by Crippen LogP contribution is 2.18. The molecule has 0 saturated carbocycles. The van der Waals surface area contributed by atoms with Gasteiger partial charge in [0.1, 0.15) is 23.6 Å². The summed E-state index contributed by atoms with van der Waals surface area (Å²) >= 11 is 1.52. The van der Waals surface area contributed by atoms with Gasteiger partial charge in [0.25, 0.3) is 5.69 Å². The minimum absolute atomic E-state index is 0.160. The van der Waals surface area contributed by atoms with Gasteiger partial charge in [0.15, 0.2) is 0 Å². The molecular weight excluding hydrogens is 266 g/mol. The van der Waals surface area contributed by atoms with E-state index >= 15 is 0 Å². The lowest BCUT2D eigenvalue weighted by molar-refractivity contribution is -0.385. The van der Waals surface area contributed by atoms with Crippen LogP contribution in [0.15, 0.2) is 23.2 Å². The van der Waals surface area contributed by atoms with Crippen molar-refractivity contribution in [3.05, 3.63) is 44.5 Å². The third-order valence-electron chi connectivity index (χ3n) is 2.36. The molecule has 2 heterocycles. The van der Waals surface area contributed by atoms with Crippen LogP contribution in [0, 0.1) is 21.4 Å². The number of aromatic nitrogens is 2. The van der Waals surface area contributed by atoms with Crippen LogP contribution in [0.5, 0.6) is 0 Å². The van der Waals surface area contributed by atoms with Gasteiger partial charge < -0.3 is 5.32 Å².